The first kappa shape index (κ1) is 15.7. The lowest BCUT2D eigenvalue weighted by Gasteiger charge is -2.30. The van der Waals surface area contributed by atoms with Crippen molar-refractivity contribution in [2.75, 3.05) is 6.54 Å². The van der Waals surface area contributed by atoms with E-state index in [9.17, 15) is 14.7 Å². The Balaban J connectivity index is 1.90. The van der Waals surface area contributed by atoms with Crippen molar-refractivity contribution in [3.8, 4) is 10.6 Å². The molecule has 5 nitrogen and oxygen atoms in total. The van der Waals surface area contributed by atoms with Gasteiger partial charge in [0.05, 0.1) is 0 Å². The van der Waals surface area contributed by atoms with Crippen molar-refractivity contribution >= 4 is 23.2 Å². The van der Waals surface area contributed by atoms with Gasteiger partial charge < -0.3 is 10.0 Å². The highest BCUT2D eigenvalue weighted by Gasteiger charge is 2.46. The van der Waals surface area contributed by atoms with E-state index in [0.29, 0.717) is 25.1 Å². The zero-order valence-electron chi connectivity index (χ0n) is 13.1. The first-order chi connectivity index (χ1) is 10.9. The predicted molar refractivity (Wildman–Crippen MR) is 88.6 cm³/mol. The first-order valence-corrected chi connectivity index (χ1v) is 8.38. The summed E-state index contributed by atoms with van der Waals surface area (Å²) in [4.78, 5) is 30.1. The van der Waals surface area contributed by atoms with Crippen molar-refractivity contribution in [2.24, 2.45) is 0 Å². The Morgan fingerprint density at radius 2 is 2.09 bits per heavy atom. The van der Waals surface area contributed by atoms with Crippen LogP contribution in [0.25, 0.3) is 10.6 Å². The van der Waals surface area contributed by atoms with Crippen LogP contribution in [0.4, 0.5) is 0 Å². The van der Waals surface area contributed by atoms with E-state index in [1.807, 2.05) is 31.2 Å². The van der Waals surface area contributed by atoms with Crippen LogP contribution in [-0.4, -0.2) is 39.0 Å². The van der Waals surface area contributed by atoms with Crippen molar-refractivity contribution in [1.29, 1.82) is 0 Å². The van der Waals surface area contributed by atoms with Gasteiger partial charge in [0, 0.05) is 17.5 Å². The van der Waals surface area contributed by atoms with Crippen LogP contribution < -0.4 is 0 Å². The second-order valence-corrected chi connectivity index (χ2v) is 6.85. The van der Waals surface area contributed by atoms with Crippen LogP contribution in [0.3, 0.4) is 0 Å². The maximum atomic E-state index is 12.7. The summed E-state index contributed by atoms with van der Waals surface area (Å²) >= 11 is 1.41. The number of carboxylic acids is 1. The zero-order valence-corrected chi connectivity index (χ0v) is 13.9. The van der Waals surface area contributed by atoms with Gasteiger partial charge in [0.1, 0.15) is 16.2 Å². The third-order valence-electron chi connectivity index (χ3n) is 4.45. The Morgan fingerprint density at radius 1 is 1.35 bits per heavy atom. The molecule has 2 aromatic rings. The Labute approximate surface area is 138 Å². The highest BCUT2D eigenvalue weighted by molar-refractivity contribution is 7.13. The number of aromatic nitrogens is 1. The second-order valence-electron chi connectivity index (χ2n) is 5.99. The molecule has 6 heteroatoms. The van der Waals surface area contributed by atoms with E-state index in [1.165, 1.54) is 16.2 Å². The number of carbonyl (C=O) groups excluding carboxylic acids is 1. The number of carboxylic acid groups (broad SMARTS) is 1. The summed E-state index contributed by atoms with van der Waals surface area (Å²) in [6.07, 6.45) is 1.17. The minimum absolute atomic E-state index is 0.302. The highest BCUT2D eigenvalue weighted by atomic mass is 32.1. The topological polar surface area (TPSA) is 70.5 Å². The molecule has 1 aliphatic heterocycles. The molecule has 1 aromatic heterocycles. The van der Waals surface area contributed by atoms with Crippen LogP contribution in [0.1, 0.15) is 35.8 Å². The summed E-state index contributed by atoms with van der Waals surface area (Å²) < 4.78 is 0. The Morgan fingerprint density at radius 3 is 2.78 bits per heavy atom. The number of nitrogens with zero attached hydrogens (tertiary/aromatic N) is 2. The van der Waals surface area contributed by atoms with Gasteiger partial charge in [-0.2, -0.15) is 0 Å². The van der Waals surface area contributed by atoms with Gasteiger partial charge in [-0.15, -0.1) is 11.3 Å². The monoisotopic (exact) mass is 330 g/mol. The van der Waals surface area contributed by atoms with Gasteiger partial charge in [-0.05, 0) is 32.3 Å². The largest absolute Gasteiger partial charge is 0.480 e. The molecular formula is C17H18N2O3S. The lowest BCUT2D eigenvalue weighted by Crippen LogP contribution is -2.50. The van der Waals surface area contributed by atoms with E-state index < -0.39 is 11.5 Å². The first-order valence-electron chi connectivity index (χ1n) is 7.50. The third kappa shape index (κ3) is 2.63. The summed E-state index contributed by atoms with van der Waals surface area (Å²) in [5.74, 6) is -1.26. The molecule has 0 aliphatic carbocycles. The molecule has 1 N–H and O–H groups in total. The molecule has 0 radical (unpaired) electrons. The number of benzene rings is 1. The van der Waals surface area contributed by atoms with E-state index in [0.717, 1.165) is 16.1 Å². The van der Waals surface area contributed by atoms with E-state index in [4.69, 9.17) is 0 Å². The molecule has 2 heterocycles. The van der Waals surface area contributed by atoms with Crippen LogP contribution in [0.2, 0.25) is 0 Å². The fraction of sp³-hybridized carbons (Fsp3) is 0.353. The second kappa shape index (κ2) is 5.77. The number of aliphatic carboxylic acids is 1. The maximum absolute atomic E-state index is 12.7. The Hall–Kier alpha value is -2.21. The molecule has 0 spiro atoms. The van der Waals surface area contributed by atoms with Crippen LogP contribution in [0.5, 0.6) is 0 Å². The molecule has 1 aromatic carbocycles. The van der Waals surface area contributed by atoms with Crippen molar-refractivity contribution in [3.63, 3.8) is 0 Å². The quantitative estimate of drug-likeness (QED) is 0.938. The molecule has 0 bridgehead atoms. The number of rotatable bonds is 3. The van der Waals surface area contributed by atoms with Gasteiger partial charge in [-0.3, -0.25) is 4.79 Å². The van der Waals surface area contributed by atoms with Gasteiger partial charge in [0.2, 0.25) is 0 Å². The lowest BCUT2D eigenvalue weighted by atomic mass is 9.99. The van der Waals surface area contributed by atoms with Crippen molar-refractivity contribution < 1.29 is 14.7 Å². The van der Waals surface area contributed by atoms with E-state index >= 15 is 0 Å². The molecule has 1 aliphatic rings. The number of amides is 1. The van der Waals surface area contributed by atoms with Crippen LogP contribution in [0, 0.1) is 6.92 Å². The van der Waals surface area contributed by atoms with Crippen molar-refractivity contribution in [1.82, 2.24) is 9.88 Å². The smallest absolute Gasteiger partial charge is 0.329 e. The van der Waals surface area contributed by atoms with Gasteiger partial charge in [0.25, 0.3) is 5.91 Å². The number of thiazole rings is 1. The fourth-order valence-corrected chi connectivity index (χ4v) is 3.84. The van der Waals surface area contributed by atoms with Gasteiger partial charge in [-0.25, -0.2) is 9.78 Å². The summed E-state index contributed by atoms with van der Waals surface area (Å²) in [5, 5.41) is 11.9. The zero-order chi connectivity index (χ0) is 16.6. The minimum atomic E-state index is -1.14. The van der Waals surface area contributed by atoms with Gasteiger partial charge in [-0.1, -0.05) is 24.3 Å². The maximum Gasteiger partial charge on any atom is 0.329 e. The molecule has 0 saturated carbocycles. The van der Waals surface area contributed by atoms with Crippen LogP contribution in [0.15, 0.2) is 29.6 Å². The summed E-state index contributed by atoms with van der Waals surface area (Å²) in [7, 11) is 0. The molecule has 1 unspecified atom stereocenters. The summed E-state index contributed by atoms with van der Waals surface area (Å²) in [6.45, 7) is 4.06. The average molecular weight is 330 g/mol. The molecule has 120 valence electrons. The number of likely N-dealkylation sites (tertiary alicyclic amines) is 1. The molecule has 1 saturated heterocycles. The molecule has 1 fully saturated rings. The van der Waals surface area contributed by atoms with E-state index in [2.05, 4.69) is 4.98 Å². The number of hydrogen-bond acceptors (Lipinski definition) is 4. The van der Waals surface area contributed by atoms with Crippen LogP contribution >= 0.6 is 11.3 Å². The number of carbonyl (C=O) groups is 2. The van der Waals surface area contributed by atoms with E-state index in [-0.39, 0.29) is 5.91 Å². The van der Waals surface area contributed by atoms with Crippen molar-refractivity contribution in [3.05, 3.63) is 40.9 Å². The predicted octanol–water partition coefficient (Wildman–Crippen LogP) is 3.20. The molecule has 3 rings (SSSR count). The van der Waals surface area contributed by atoms with E-state index in [1.54, 1.807) is 12.3 Å². The fourth-order valence-electron chi connectivity index (χ4n) is 2.96. The summed E-state index contributed by atoms with van der Waals surface area (Å²) in [5.41, 5.74) is 1.28. The number of aryl methyl sites for hydroxylation is 1. The summed E-state index contributed by atoms with van der Waals surface area (Å²) in [6, 6.07) is 7.87. The Bertz CT molecular complexity index is 771. The van der Waals surface area contributed by atoms with Crippen molar-refractivity contribution in [2.45, 2.75) is 32.2 Å². The minimum Gasteiger partial charge on any atom is -0.480 e. The van der Waals surface area contributed by atoms with Crippen LogP contribution in [-0.2, 0) is 4.79 Å². The van der Waals surface area contributed by atoms with Gasteiger partial charge in [0.15, 0.2) is 0 Å². The van der Waals surface area contributed by atoms with Gasteiger partial charge >= 0.3 is 5.97 Å². The normalized spacial score (nSPS) is 20.7. The molecule has 1 atom stereocenters. The SMILES string of the molecule is Cc1ccccc1-c1nc(C(=O)N2CCCC2(C)C(=O)O)cs1. The highest BCUT2D eigenvalue weighted by Crippen LogP contribution is 2.32. The average Bonchev–Trinajstić information content (AvgIpc) is 3.15. The molecular weight excluding hydrogens is 312 g/mol. The molecule has 1 amide bonds. The lowest BCUT2D eigenvalue weighted by molar-refractivity contribution is -0.147. The Kier molecular flexibility index (Phi) is 3.93. The number of hydrogen-bond donors (Lipinski definition) is 1. The standard InChI is InChI=1S/C17H18N2O3S/c1-11-6-3-4-7-12(11)14-18-13(10-23-14)15(20)19-9-5-8-17(19,2)16(21)22/h3-4,6-7,10H,5,8-9H2,1-2H3,(H,21,22). The third-order valence-corrected chi connectivity index (χ3v) is 5.32. The molecule has 23 heavy (non-hydrogen) atoms.